The lowest BCUT2D eigenvalue weighted by atomic mass is 9.73. The minimum Gasteiger partial charge on any atom is -0.307 e. The van der Waals surface area contributed by atoms with Gasteiger partial charge in [-0.2, -0.15) is 5.10 Å². The molecule has 1 aliphatic rings. The van der Waals surface area contributed by atoms with Crippen LogP contribution in [0.1, 0.15) is 59.2 Å². The second-order valence-corrected chi connectivity index (χ2v) is 6.92. The predicted molar refractivity (Wildman–Crippen MR) is 77.7 cm³/mol. The van der Waals surface area contributed by atoms with Crippen LogP contribution < -0.4 is 5.32 Å². The molecule has 1 aromatic rings. The van der Waals surface area contributed by atoms with Crippen molar-refractivity contribution in [3.63, 3.8) is 0 Å². The average molecular weight is 264 g/mol. The fourth-order valence-electron chi connectivity index (χ4n) is 3.01. The molecule has 0 bridgehead atoms. The molecular formula is C15H28N4. The van der Waals surface area contributed by atoms with Gasteiger partial charge in [0.05, 0.1) is 6.54 Å². The minimum atomic E-state index is 0.404. The van der Waals surface area contributed by atoms with Crippen LogP contribution in [0.3, 0.4) is 0 Å². The molecule has 1 unspecified atom stereocenters. The molecule has 0 radical (unpaired) electrons. The zero-order valence-corrected chi connectivity index (χ0v) is 12.8. The summed E-state index contributed by atoms with van der Waals surface area (Å²) in [5.74, 6) is 1.67. The first-order valence-corrected chi connectivity index (χ1v) is 7.59. The highest BCUT2D eigenvalue weighted by atomic mass is 15.3. The normalized spacial score (nSPS) is 22.9. The van der Waals surface area contributed by atoms with Gasteiger partial charge in [0.1, 0.15) is 12.2 Å². The summed E-state index contributed by atoms with van der Waals surface area (Å²) in [4.78, 5) is 4.39. The number of rotatable bonds is 5. The number of hydrogen-bond donors (Lipinski definition) is 1. The summed E-state index contributed by atoms with van der Waals surface area (Å²) in [5, 5.41) is 8.03. The molecule has 1 heterocycles. The quantitative estimate of drug-likeness (QED) is 0.889. The van der Waals surface area contributed by atoms with Crippen molar-refractivity contribution in [3.8, 4) is 0 Å². The third-order valence-corrected chi connectivity index (χ3v) is 4.25. The van der Waals surface area contributed by atoms with Crippen LogP contribution in [0.2, 0.25) is 0 Å². The molecule has 2 rings (SSSR count). The standard InChI is InChI=1S/C15H28N4/c1-12(2)10-19-14(17-11-18-19)9-16-13-7-5-6-8-15(13,3)4/h11-13,16H,5-10H2,1-4H3. The maximum absolute atomic E-state index is 4.39. The van der Waals surface area contributed by atoms with E-state index in [4.69, 9.17) is 0 Å². The van der Waals surface area contributed by atoms with Gasteiger partial charge >= 0.3 is 0 Å². The zero-order valence-electron chi connectivity index (χ0n) is 12.8. The summed E-state index contributed by atoms with van der Waals surface area (Å²) < 4.78 is 2.04. The Labute approximate surface area is 117 Å². The lowest BCUT2D eigenvalue weighted by molar-refractivity contribution is 0.165. The van der Waals surface area contributed by atoms with Crippen molar-refractivity contribution in [1.82, 2.24) is 20.1 Å². The molecule has 1 N–H and O–H groups in total. The van der Waals surface area contributed by atoms with Gasteiger partial charge in [-0.25, -0.2) is 9.67 Å². The van der Waals surface area contributed by atoms with Crippen LogP contribution in [0, 0.1) is 11.3 Å². The van der Waals surface area contributed by atoms with Crippen LogP contribution in [0.4, 0.5) is 0 Å². The maximum atomic E-state index is 4.39. The van der Waals surface area contributed by atoms with E-state index in [-0.39, 0.29) is 0 Å². The Hall–Kier alpha value is -0.900. The predicted octanol–water partition coefficient (Wildman–Crippen LogP) is 2.99. The number of nitrogens with zero attached hydrogens (tertiary/aromatic N) is 3. The van der Waals surface area contributed by atoms with Crippen LogP contribution in [0.15, 0.2) is 6.33 Å². The first-order chi connectivity index (χ1) is 8.99. The van der Waals surface area contributed by atoms with E-state index in [1.54, 1.807) is 6.33 Å². The van der Waals surface area contributed by atoms with Crippen LogP contribution in [0.5, 0.6) is 0 Å². The third-order valence-electron chi connectivity index (χ3n) is 4.25. The van der Waals surface area contributed by atoms with Crippen LogP contribution in [0.25, 0.3) is 0 Å². The number of nitrogens with one attached hydrogen (secondary N) is 1. The monoisotopic (exact) mass is 264 g/mol. The van der Waals surface area contributed by atoms with Crippen molar-refractivity contribution in [2.24, 2.45) is 11.3 Å². The van der Waals surface area contributed by atoms with E-state index in [0.29, 0.717) is 17.4 Å². The summed E-state index contributed by atoms with van der Waals surface area (Å²) in [6.45, 7) is 11.0. The maximum Gasteiger partial charge on any atom is 0.140 e. The van der Waals surface area contributed by atoms with Gasteiger partial charge in [0.25, 0.3) is 0 Å². The lowest BCUT2D eigenvalue weighted by Gasteiger charge is -2.39. The molecule has 1 saturated carbocycles. The van der Waals surface area contributed by atoms with Crippen molar-refractivity contribution in [1.29, 1.82) is 0 Å². The largest absolute Gasteiger partial charge is 0.307 e. The topological polar surface area (TPSA) is 42.7 Å². The van der Waals surface area contributed by atoms with Crippen molar-refractivity contribution in [3.05, 3.63) is 12.2 Å². The second-order valence-electron chi connectivity index (χ2n) is 6.92. The number of aromatic nitrogens is 3. The van der Waals surface area contributed by atoms with Gasteiger partial charge in [0, 0.05) is 12.6 Å². The molecule has 0 saturated heterocycles. The van der Waals surface area contributed by atoms with E-state index >= 15 is 0 Å². The molecule has 1 fully saturated rings. The molecule has 19 heavy (non-hydrogen) atoms. The molecule has 108 valence electrons. The highest BCUT2D eigenvalue weighted by Crippen LogP contribution is 2.35. The van der Waals surface area contributed by atoms with Gasteiger partial charge in [-0.05, 0) is 24.2 Å². The molecule has 4 nitrogen and oxygen atoms in total. The van der Waals surface area contributed by atoms with Crippen LogP contribution in [-0.2, 0) is 13.1 Å². The molecule has 0 amide bonds. The Kier molecular flexibility index (Phi) is 4.61. The number of hydrogen-bond acceptors (Lipinski definition) is 3. The van der Waals surface area contributed by atoms with E-state index < -0.39 is 0 Å². The fourth-order valence-corrected chi connectivity index (χ4v) is 3.01. The third kappa shape index (κ3) is 3.78. The summed E-state index contributed by atoms with van der Waals surface area (Å²) in [5.41, 5.74) is 0.404. The van der Waals surface area contributed by atoms with Crippen LogP contribution >= 0.6 is 0 Å². The van der Waals surface area contributed by atoms with Crippen molar-refractivity contribution >= 4 is 0 Å². The molecule has 4 heteroatoms. The smallest absolute Gasteiger partial charge is 0.140 e. The summed E-state index contributed by atoms with van der Waals surface area (Å²) in [6, 6.07) is 0.602. The van der Waals surface area contributed by atoms with Gasteiger partial charge in [0.15, 0.2) is 0 Å². The fraction of sp³-hybridized carbons (Fsp3) is 0.867. The highest BCUT2D eigenvalue weighted by molar-refractivity contribution is 4.91. The van der Waals surface area contributed by atoms with E-state index in [9.17, 15) is 0 Å². The first kappa shape index (κ1) is 14.5. The van der Waals surface area contributed by atoms with Gasteiger partial charge in [-0.1, -0.05) is 40.5 Å². The molecule has 1 aromatic heterocycles. The summed E-state index contributed by atoms with van der Waals surface area (Å²) >= 11 is 0. The molecular weight excluding hydrogens is 236 g/mol. The van der Waals surface area contributed by atoms with Crippen molar-refractivity contribution < 1.29 is 0 Å². The van der Waals surface area contributed by atoms with Crippen molar-refractivity contribution in [2.75, 3.05) is 0 Å². The first-order valence-electron chi connectivity index (χ1n) is 7.59. The van der Waals surface area contributed by atoms with E-state index in [1.807, 2.05) is 4.68 Å². The molecule has 0 spiro atoms. The Balaban J connectivity index is 1.93. The lowest BCUT2D eigenvalue weighted by Crippen LogP contribution is -2.44. The second kappa shape index (κ2) is 6.04. The highest BCUT2D eigenvalue weighted by Gasteiger charge is 2.31. The van der Waals surface area contributed by atoms with Gasteiger partial charge in [0.2, 0.25) is 0 Å². The Morgan fingerprint density at radius 3 is 2.89 bits per heavy atom. The van der Waals surface area contributed by atoms with E-state index in [1.165, 1.54) is 25.7 Å². The molecule has 1 aliphatic carbocycles. The summed E-state index contributed by atoms with van der Waals surface area (Å²) in [7, 11) is 0. The van der Waals surface area contributed by atoms with E-state index in [0.717, 1.165) is 18.9 Å². The van der Waals surface area contributed by atoms with Gasteiger partial charge in [-0.15, -0.1) is 0 Å². The molecule has 0 aromatic carbocycles. The van der Waals surface area contributed by atoms with Crippen LogP contribution in [-0.4, -0.2) is 20.8 Å². The van der Waals surface area contributed by atoms with Gasteiger partial charge in [-0.3, -0.25) is 0 Å². The molecule has 1 atom stereocenters. The summed E-state index contributed by atoms with van der Waals surface area (Å²) in [6.07, 6.45) is 6.99. The SMILES string of the molecule is CC(C)Cn1ncnc1CNC1CCCCC1(C)C. The Morgan fingerprint density at radius 1 is 1.42 bits per heavy atom. The van der Waals surface area contributed by atoms with Gasteiger partial charge < -0.3 is 5.32 Å². The Morgan fingerprint density at radius 2 is 2.21 bits per heavy atom. The van der Waals surface area contributed by atoms with E-state index in [2.05, 4.69) is 43.1 Å². The average Bonchev–Trinajstić information content (AvgIpc) is 2.74. The Bertz CT molecular complexity index is 395. The minimum absolute atomic E-state index is 0.404. The van der Waals surface area contributed by atoms with Crippen molar-refractivity contribution in [2.45, 2.75) is 72.5 Å². The molecule has 0 aliphatic heterocycles. The zero-order chi connectivity index (χ0) is 13.9.